The van der Waals surface area contributed by atoms with Gasteiger partial charge in [-0.15, -0.1) is 0 Å². The molecule has 110 valence electrons. The third-order valence-corrected chi connectivity index (χ3v) is 6.07. The number of nitrogens with zero attached hydrogens (tertiary/aromatic N) is 1. The minimum absolute atomic E-state index is 0.278. The van der Waals surface area contributed by atoms with Crippen molar-refractivity contribution in [3.8, 4) is 0 Å². The molecule has 0 bridgehead atoms. The zero-order valence-electron chi connectivity index (χ0n) is 12.5. The van der Waals surface area contributed by atoms with E-state index >= 15 is 0 Å². The second-order valence-corrected chi connectivity index (χ2v) is 7.69. The SMILES string of the molecule is C=C(C)[C@H]1CN(S(=O)(=O)c2ccc(C)cc2)C[C@H]1CC. The van der Waals surface area contributed by atoms with Crippen molar-refractivity contribution in [1.82, 2.24) is 4.31 Å². The van der Waals surface area contributed by atoms with E-state index in [-0.39, 0.29) is 5.92 Å². The van der Waals surface area contributed by atoms with E-state index < -0.39 is 10.0 Å². The number of benzene rings is 1. The highest BCUT2D eigenvalue weighted by Gasteiger charge is 2.38. The van der Waals surface area contributed by atoms with Gasteiger partial charge >= 0.3 is 0 Å². The molecule has 0 aromatic heterocycles. The number of sulfonamides is 1. The molecule has 4 heteroatoms. The Morgan fingerprint density at radius 2 is 1.90 bits per heavy atom. The molecular formula is C16H23NO2S. The first-order chi connectivity index (χ1) is 9.36. The van der Waals surface area contributed by atoms with Gasteiger partial charge in [-0.2, -0.15) is 4.31 Å². The van der Waals surface area contributed by atoms with Crippen LogP contribution in [0.3, 0.4) is 0 Å². The van der Waals surface area contributed by atoms with E-state index in [0.717, 1.165) is 17.6 Å². The monoisotopic (exact) mass is 293 g/mol. The van der Waals surface area contributed by atoms with Gasteiger partial charge in [0.1, 0.15) is 0 Å². The molecule has 1 aromatic rings. The number of hydrogen-bond acceptors (Lipinski definition) is 2. The topological polar surface area (TPSA) is 37.4 Å². The van der Waals surface area contributed by atoms with E-state index in [2.05, 4.69) is 13.5 Å². The van der Waals surface area contributed by atoms with Gasteiger partial charge in [-0.1, -0.05) is 43.2 Å². The van der Waals surface area contributed by atoms with Crippen LogP contribution in [0.2, 0.25) is 0 Å². The van der Waals surface area contributed by atoms with Crippen LogP contribution in [0.5, 0.6) is 0 Å². The molecule has 1 fully saturated rings. The molecule has 0 aliphatic carbocycles. The van der Waals surface area contributed by atoms with E-state index in [1.165, 1.54) is 0 Å². The average Bonchev–Trinajstić information content (AvgIpc) is 2.84. The van der Waals surface area contributed by atoms with E-state index in [1.807, 2.05) is 26.0 Å². The van der Waals surface area contributed by atoms with Gasteiger partial charge in [0.25, 0.3) is 0 Å². The van der Waals surface area contributed by atoms with Crippen molar-refractivity contribution in [3.63, 3.8) is 0 Å². The predicted octanol–water partition coefficient (Wildman–Crippen LogP) is 3.22. The average molecular weight is 293 g/mol. The van der Waals surface area contributed by atoms with Crippen molar-refractivity contribution in [1.29, 1.82) is 0 Å². The third kappa shape index (κ3) is 2.81. The molecule has 0 N–H and O–H groups in total. The summed E-state index contributed by atoms with van der Waals surface area (Å²) in [7, 11) is -3.37. The molecule has 0 spiro atoms. The first kappa shape index (κ1) is 15.3. The van der Waals surface area contributed by atoms with Gasteiger partial charge in [0.15, 0.2) is 0 Å². The van der Waals surface area contributed by atoms with E-state index in [9.17, 15) is 8.42 Å². The Hall–Kier alpha value is -1.13. The molecule has 1 aliphatic heterocycles. The van der Waals surface area contributed by atoms with E-state index in [0.29, 0.717) is 23.9 Å². The fraction of sp³-hybridized carbons (Fsp3) is 0.500. The van der Waals surface area contributed by atoms with Crippen LogP contribution in [0.25, 0.3) is 0 Å². The molecular weight excluding hydrogens is 270 g/mol. The second-order valence-electron chi connectivity index (χ2n) is 5.76. The second kappa shape index (κ2) is 5.70. The highest BCUT2D eigenvalue weighted by atomic mass is 32.2. The van der Waals surface area contributed by atoms with Crippen molar-refractivity contribution < 1.29 is 8.42 Å². The summed E-state index contributed by atoms with van der Waals surface area (Å²) in [5.74, 6) is 0.660. The normalized spacial score (nSPS) is 23.9. The molecule has 1 aliphatic rings. The van der Waals surface area contributed by atoms with Gasteiger partial charge in [0.2, 0.25) is 10.0 Å². The first-order valence-electron chi connectivity index (χ1n) is 7.08. The summed E-state index contributed by atoms with van der Waals surface area (Å²) in [5, 5.41) is 0. The summed E-state index contributed by atoms with van der Waals surface area (Å²) in [4.78, 5) is 0.389. The van der Waals surface area contributed by atoms with Gasteiger partial charge in [0.05, 0.1) is 4.90 Å². The maximum absolute atomic E-state index is 12.7. The molecule has 1 heterocycles. The summed E-state index contributed by atoms with van der Waals surface area (Å²) in [5.41, 5.74) is 2.15. The largest absolute Gasteiger partial charge is 0.243 e. The number of hydrogen-bond donors (Lipinski definition) is 0. The van der Waals surface area contributed by atoms with E-state index in [1.54, 1.807) is 16.4 Å². The minimum Gasteiger partial charge on any atom is -0.207 e. The lowest BCUT2D eigenvalue weighted by Gasteiger charge is -2.16. The molecule has 20 heavy (non-hydrogen) atoms. The quantitative estimate of drug-likeness (QED) is 0.799. The van der Waals surface area contributed by atoms with Crippen molar-refractivity contribution in [3.05, 3.63) is 42.0 Å². The van der Waals surface area contributed by atoms with Crippen LogP contribution in [0.1, 0.15) is 25.8 Å². The lowest BCUT2D eigenvalue weighted by molar-refractivity contribution is 0.445. The molecule has 1 saturated heterocycles. The van der Waals surface area contributed by atoms with Gasteiger partial charge in [-0.05, 0) is 37.8 Å². The maximum Gasteiger partial charge on any atom is 0.243 e. The minimum atomic E-state index is -3.37. The Labute approximate surface area is 122 Å². The van der Waals surface area contributed by atoms with Crippen molar-refractivity contribution in [2.75, 3.05) is 13.1 Å². The number of aryl methyl sites for hydroxylation is 1. The van der Waals surface area contributed by atoms with Gasteiger partial charge in [0, 0.05) is 13.1 Å². The zero-order chi connectivity index (χ0) is 14.9. The summed E-state index contributed by atoms with van der Waals surface area (Å²) >= 11 is 0. The van der Waals surface area contributed by atoms with Crippen LogP contribution in [0.4, 0.5) is 0 Å². The Morgan fingerprint density at radius 3 is 2.35 bits per heavy atom. The summed E-state index contributed by atoms with van der Waals surface area (Å²) < 4.78 is 27.0. The van der Waals surface area contributed by atoms with Crippen molar-refractivity contribution in [2.45, 2.75) is 32.1 Å². The Kier molecular flexibility index (Phi) is 4.35. The van der Waals surface area contributed by atoms with Crippen LogP contribution in [-0.2, 0) is 10.0 Å². The van der Waals surface area contributed by atoms with Crippen molar-refractivity contribution >= 4 is 10.0 Å². The summed E-state index contributed by atoms with van der Waals surface area (Å²) in [6.07, 6.45) is 0.984. The van der Waals surface area contributed by atoms with Crippen LogP contribution in [0, 0.1) is 18.8 Å². The van der Waals surface area contributed by atoms with Crippen molar-refractivity contribution in [2.24, 2.45) is 11.8 Å². The molecule has 0 amide bonds. The van der Waals surface area contributed by atoms with Gasteiger partial charge < -0.3 is 0 Å². The fourth-order valence-electron chi connectivity index (χ4n) is 2.86. The molecule has 3 nitrogen and oxygen atoms in total. The molecule has 0 unspecified atom stereocenters. The van der Waals surface area contributed by atoms with Gasteiger partial charge in [-0.25, -0.2) is 8.42 Å². The molecule has 0 radical (unpaired) electrons. The maximum atomic E-state index is 12.7. The first-order valence-corrected chi connectivity index (χ1v) is 8.52. The van der Waals surface area contributed by atoms with Crippen LogP contribution in [0.15, 0.2) is 41.3 Å². The number of rotatable bonds is 4. The van der Waals surface area contributed by atoms with Gasteiger partial charge in [-0.3, -0.25) is 0 Å². The third-order valence-electron chi connectivity index (χ3n) is 4.22. The molecule has 1 aromatic carbocycles. The van der Waals surface area contributed by atoms with Crippen LogP contribution in [-0.4, -0.2) is 25.8 Å². The van der Waals surface area contributed by atoms with E-state index in [4.69, 9.17) is 0 Å². The zero-order valence-corrected chi connectivity index (χ0v) is 13.3. The molecule has 0 saturated carbocycles. The Bertz CT molecular complexity index is 589. The molecule has 2 rings (SSSR count). The Morgan fingerprint density at radius 1 is 1.30 bits per heavy atom. The lowest BCUT2D eigenvalue weighted by atomic mass is 9.89. The summed E-state index contributed by atoms with van der Waals surface area (Å²) in [6.45, 7) is 11.2. The highest BCUT2D eigenvalue weighted by molar-refractivity contribution is 7.89. The Balaban J connectivity index is 2.27. The van der Waals surface area contributed by atoms with Crippen LogP contribution < -0.4 is 0 Å². The molecule has 2 atom stereocenters. The van der Waals surface area contributed by atoms with Crippen LogP contribution >= 0.6 is 0 Å². The lowest BCUT2D eigenvalue weighted by Crippen LogP contribution is -2.29. The predicted molar refractivity (Wildman–Crippen MR) is 82.0 cm³/mol. The smallest absolute Gasteiger partial charge is 0.207 e. The highest BCUT2D eigenvalue weighted by Crippen LogP contribution is 2.34. The fourth-order valence-corrected chi connectivity index (χ4v) is 4.38. The standard InChI is InChI=1S/C16H23NO2S/c1-5-14-10-17(11-16(14)12(2)3)20(18,19)15-8-6-13(4)7-9-15/h6-9,14,16H,2,5,10-11H2,1,3-4H3/t14-,16-/m1/s1. The summed E-state index contributed by atoms with van der Waals surface area (Å²) in [6, 6.07) is 7.08.